The van der Waals surface area contributed by atoms with Crippen molar-refractivity contribution in [2.45, 2.75) is 57.8 Å². The Labute approximate surface area is 216 Å². The van der Waals surface area contributed by atoms with Crippen molar-refractivity contribution in [3.8, 4) is 11.5 Å². The second kappa shape index (κ2) is 11.7. The number of piperidine rings is 1. The van der Waals surface area contributed by atoms with Crippen molar-refractivity contribution in [1.82, 2.24) is 16.0 Å². The van der Waals surface area contributed by atoms with Gasteiger partial charge in [0.1, 0.15) is 5.60 Å². The highest BCUT2D eigenvalue weighted by Crippen LogP contribution is 2.36. The van der Waals surface area contributed by atoms with Gasteiger partial charge in [-0.05, 0) is 57.9 Å². The first-order valence-electron chi connectivity index (χ1n) is 12.2. The Bertz CT molecular complexity index is 1070. The van der Waals surface area contributed by atoms with Crippen LogP contribution in [0.3, 0.4) is 0 Å². The fourth-order valence-corrected chi connectivity index (χ4v) is 4.43. The minimum Gasteiger partial charge on any atom is -0.493 e. The summed E-state index contributed by atoms with van der Waals surface area (Å²) in [6.07, 6.45) is 5.69. The Morgan fingerprint density at radius 2 is 1.95 bits per heavy atom. The van der Waals surface area contributed by atoms with Crippen LogP contribution >= 0.6 is 0 Å². The average Bonchev–Trinajstić information content (AvgIpc) is 2.86. The number of rotatable bonds is 9. The molecule has 0 bridgehead atoms. The van der Waals surface area contributed by atoms with Gasteiger partial charge >= 0.3 is 5.97 Å². The third-order valence-electron chi connectivity index (χ3n) is 6.26. The Hall–Kier alpha value is -3.44. The van der Waals surface area contributed by atoms with E-state index < -0.39 is 33.9 Å². The van der Waals surface area contributed by atoms with Crippen LogP contribution in [-0.4, -0.2) is 61.8 Å². The lowest BCUT2D eigenvalue weighted by Crippen LogP contribution is -2.62. The van der Waals surface area contributed by atoms with E-state index in [0.717, 1.165) is 25.5 Å². The first-order valence-corrected chi connectivity index (χ1v) is 12.2. The van der Waals surface area contributed by atoms with E-state index in [4.69, 9.17) is 14.2 Å². The molecule has 11 heteroatoms. The molecule has 3 unspecified atom stereocenters. The normalized spacial score (nSPS) is 23.5. The molecule has 2 aliphatic rings. The van der Waals surface area contributed by atoms with Crippen LogP contribution in [0.5, 0.6) is 11.5 Å². The molecular formula is C26H36N4O7. The van der Waals surface area contributed by atoms with Crippen molar-refractivity contribution in [2.75, 3.05) is 27.3 Å². The fourth-order valence-electron chi connectivity index (χ4n) is 4.43. The van der Waals surface area contributed by atoms with Gasteiger partial charge in [0, 0.05) is 31.3 Å². The second-order valence-electron chi connectivity index (χ2n) is 10.1. The fraction of sp³-hybridized carbons (Fsp3) is 0.538. The highest BCUT2D eigenvalue weighted by molar-refractivity contribution is 6.06. The molecule has 3 rings (SSSR count). The zero-order valence-corrected chi connectivity index (χ0v) is 22.0. The molecule has 0 spiro atoms. The zero-order chi connectivity index (χ0) is 27.2. The van der Waals surface area contributed by atoms with Crippen molar-refractivity contribution < 1.29 is 28.7 Å². The Morgan fingerprint density at radius 3 is 2.54 bits per heavy atom. The van der Waals surface area contributed by atoms with Gasteiger partial charge in [0.15, 0.2) is 16.9 Å². The van der Waals surface area contributed by atoms with Crippen LogP contribution in [-0.2, 0) is 20.9 Å². The molecule has 1 saturated heterocycles. The number of ether oxygens (including phenoxy) is 3. The van der Waals surface area contributed by atoms with Gasteiger partial charge < -0.3 is 30.2 Å². The molecule has 37 heavy (non-hydrogen) atoms. The van der Waals surface area contributed by atoms with Gasteiger partial charge in [-0.2, -0.15) is 0 Å². The lowest BCUT2D eigenvalue weighted by molar-refractivity contribution is -0.420. The summed E-state index contributed by atoms with van der Waals surface area (Å²) >= 11 is 0. The van der Waals surface area contributed by atoms with Crippen molar-refractivity contribution in [3.05, 3.63) is 57.8 Å². The lowest BCUT2D eigenvalue weighted by Gasteiger charge is -2.39. The summed E-state index contributed by atoms with van der Waals surface area (Å²) in [7, 11) is 3.03. The number of carbonyl (C=O) groups is 2. The summed E-state index contributed by atoms with van der Waals surface area (Å²) in [6, 6.07) is 4.28. The number of hydrogen-bond donors (Lipinski definition) is 3. The molecule has 0 radical (unpaired) electrons. The predicted octanol–water partition coefficient (Wildman–Crippen LogP) is 2.09. The minimum absolute atomic E-state index is 0.0329. The number of methoxy groups -OCH3 is 2. The minimum atomic E-state index is -2.00. The number of benzene rings is 1. The summed E-state index contributed by atoms with van der Waals surface area (Å²) in [6.45, 7) is 6.63. The molecule has 1 heterocycles. The van der Waals surface area contributed by atoms with Crippen molar-refractivity contribution in [2.24, 2.45) is 5.41 Å². The maximum atomic E-state index is 13.9. The van der Waals surface area contributed by atoms with E-state index >= 15 is 0 Å². The van der Waals surface area contributed by atoms with Crippen LogP contribution in [0.25, 0.3) is 0 Å². The summed E-state index contributed by atoms with van der Waals surface area (Å²) in [5, 5.41) is 21.2. The van der Waals surface area contributed by atoms with Gasteiger partial charge in [0.05, 0.1) is 25.2 Å². The summed E-state index contributed by atoms with van der Waals surface area (Å²) in [4.78, 5) is 38.7. The third kappa shape index (κ3) is 6.66. The Morgan fingerprint density at radius 1 is 1.22 bits per heavy atom. The number of hydrogen-bond acceptors (Lipinski definition) is 9. The Balaban J connectivity index is 1.99. The number of nitrogens with one attached hydrogen (secondary N) is 3. The molecule has 0 aromatic heterocycles. The van der Waals surface area contributed by atoms with Gasteiger partial charge in [0.25, 0.3) is 5.70 Å². The molecule has 3 atom stereocenters. The molecule has 202 valence electrons. The first kappa shape index (κ1) is 28.1. The van der Waals surface area contributed by atoms with Gasteiger partial charge in [-0.25, -0.2) is 0 Å². The quantitative estimate of drug-likeness (QED) is 0.195. The number of carbonyl (C=O) groups excluding carboxylic acids is 2. The van der Waals surface area contributed by atoms with E-state index in [1.165, 1.54) is 26.4 Å². The first-order chi connectivity index (χ1) is 17.5. The number of nitro groups is 1. The molecule has 1 aliphatic heterocycles. The van der Waals surface area contributed by atoms with Crippen LogP contribution in [0.4, 0.5) is 0 Å². The van der Waals surface area contributed by atoms with Crippen LogP contribution < -0.4 is 25.4 Å². The molecule has 1 amide bonds. The third-order valence-corrected chi connectivity index (χ3v) is 6.26. The highest BCUT2D eigenvalue weighted by Gasteiger charge is 2.55. The van der Waals surface area contributed by atoms with Crippen molar-refractivity contribution in [1.29, 1.82) is 0 Å². The molecule has 1 aromatic carbocycles. The van der Waals surface area contributed by atoms with E-state index in [1.807, 2.05) is 0 Å². The van der Waals surface area contributed by atoms with Gasteiger partial charge in [-0.1, -0.05) is 12.1 Å². The van der Waals surface area contributed by atoms with E-state index in [9.17, 15) is 19.7 Å². The number of esters is 1. The average molecular weight is 517 g/mol. The smallest absolute Gasteiger partial charge is 0.328 e. The molecule has 3 N–H and O–H groups in total. The molecule has 1 aromatic rings. The topological polar surface area (TPSA) is 141 Å². The standard InChI is InChI=1S/C26H36N4O7/c1-25(2,3)37-24(32)26(23(31)28-15-17-8-10-20(35-4)21(13-17)36-5)14-19(30(33)34)9-11-22(26)29-18-7-6-12-27-16-18/h8-11,13-14,18,22,27,29H,6-7,12,15-16H2,1-5H3,(H,28,31). The molecule has 1 aliphatic carbocycles. The Kier molecular flexibility index (Phi) is 8.93. The molecule has 1 fully saturated rings. The lowest BCUT2D eigenvalue weighted by atomic mass is 9.74. The maximum absolute atomic E-state index is 13.9. The summed E-state index contributed by atoms with van der Waals surface area (Å²) in [5.74, 6) is -0.558. The van der Waals surface area contributed by atoms with Gasteiger partial charge in [0.2, 0.25) is 5.91 Å². The molecular weight excluding hydrogens is 480 g/mol. The summed E-state index contributed by atoms with van der Waals surface area (Å²) < 4.78 is 16.3. The van der Waals surface area contributed by atoms with Crippen LogP contribution in [0.15, 0.2) is 42.1 Å². The summed E-state index contributed by atoms with van der Waals surface area (Å²) in [5.41, 5.74) is -2.59. The van der Waals surface area contributed by atoms with E-state index in [1.54, 1.807) is 39.0 Å². The van der Waals surface area contributed by atoms with Crippen molar-refractivity contribution in [3.63, 3.8) is 0 Å². The van der Waals surface area contributed by atoms with E-state index in [-0.39, 0.29) is 18.3 Å². The number of amides is 1. The SMILES string of the molecule is COc1ccc(CNC(=O)C2(C(=O)OC(C)(C)C)C=C([N+](=O)[O-])C=CC2NC2CCCNC2)cc1OC. The largest absolute Gasteiger partial charge is 0.493 e. The van der Waals surface area contributed by atoms with Crippen molar-refractivity contribution >= 4 is 11.9 Å². The van der Waals surface area contributed by atoms with E-state index in [2.05, 4.69) is 16.0 Å². The van der Waals surface area contributed by atoms with Gasteiger partial charge in [-0.3, -0.25) is 19.7 Å². The zero-order valence-electron chi connectivity index (χ0n) is 22.0. The van der Waals surface area contributed by atoms with Crippen LogP contribution in [0.1, 0.15) is 39.2 Å². The maximum Gasteiger partial charge on any atom is 0.328 e. The second-order valence-corrected chi connectivity index (χ2v) is 10.1. The molecule has 0 saturated carbocycles. The predicted molar refractivity (Wildman–Crippen MR) is 137 cm³/mol. The van der Waals surface area contributed by atoms with Crippen LogP contribution in [0, 0.1) is 15.5 Å². The number of nitrogens with zero attached hydrogens (tertiary/aromatic N) is 1. The number of allylic oxidation sites excluding steroid dienone is 1. The monoisotopic (exact) mass is 516 g/mol. The highest BCUT2D eigenvalue weighted by atomic mass is 16.6. The van der Waals surface area contributed by atoms with Gasteiger partial charge in [-0.15, -0.1) is 0 Å². The van der Waals surface area contributed by atoms with Crippen LogP contribution in [0.2, 0.25) is 0 Å². The molecule has 11 nitrogen and oxygen atoms in total. The van der Waals surface area contributed by atoms with E-state index in [0.29, 0.717) is 23.6 Å².